The molecule has 0 aliphatic carbocycles. The van der Waals surface area contributed by atoms with E-state index in [0.29, 0.717) is 27.6 Å². The zero-order chi connectivity index (χ0) is 14.7. The SMILES string of the molecule is Cc1cccc(-c2c(Cl)nc(CCC(C)C)nc2Cl)c1. The Balaban J connectivity index is 2.36. The molecule has 0 aliphatic heterocycles. The van der Waals surface area contributed by atoms with Gasteiger partial charge in [0.1, 0.15) is 16.1 Å². The van der Waals surface area contributed by atoms with Crippen LogP contribution in [0.1, 0.15) is 31.7 Å². The molecule has 0 bridgehead atoms. The van der Waals surface area contributed by atoms with E-state index in [9.17, 15) is 0 Å². The molecule has 0 unspecified atom stereocenters. The highest BCUT2D eigenvalue weighted by molar-refractivity contribution is 6.37. The second-order valence-corrected chi connectivity index (χ2v) is 6.11. The van der Waals surface area contributed by atoms with Crippen molar-refractivity contribution in [2.75, 3.05) is 0 Å². The summed E-state index contributed by atoms with van der Waals surface area (Å²) in [6, 6.07) is 8.01. The molecule has 0 aliphatic rings. The van der Waals surface area contributed by atoms with E-state index in [1.807, 2.05) is 31.2 Å². The monoisotopic (exact) mass is 308 g/mol. The third-order valence-corrected chi connectivity index (χ3v) is 3.67. The first-order valence-electron chi connectivity index (χ1n) is 6.76. The Bertz CT molecular complexity index is 586. The summed E-state index contributed by atoms with van der Waals surface area (Å²) in [5.74, 6) is 1.32. The summed E-state index contributed by atoms with van der Waals surface area (Å²) < 4.78 is 0. The fraction of sp³-hybridized carbons (Fsp3) is 0.375. The molecule has 0 atom stereocenters. The van der Waals surface area contributed by atoms with Crippen molar-refractivity contribution >= 4 is 23.2 Å². The van der Waals surface area contributed by atoms with Crippen LogP contribution in [-0.4, -0.2) is 9.97 Å². The highest BCUT2D eigenvalue weighted by atomic mass is 35.5. The predicted molar refractivity (Wildman–Crippen MR) is 85.4 cm³/mol. The van der Waals surface area contributed by atoms with Crippen molar-refractivity contribution in [2.24, 2.45) is 5.92 Å². The molecule has 20 heavy (non-hydrogen) atoms. The Morgan fingerprint density at radius 3 is 2.30 bits per heavy atom. The summed E-state index contributed by atoms with van der Waals surface area (Å²) in [5, 5.41) is 0.851. The molecule has 1 aromatic carbocycles. The minimum Gasteiger partial charge on any atom is -0.220 e. The highest BCUT2D eigenvalue weighted by Gasteiger charge is 2.14. The molecule has 0 saturated heterocycles. The van der Waals surface area contributed by atoms with Gasteiger partial charge in [0.05, 0.1) is 5.56 Å². The largest absolute Gasteiger partial charge is 0.220 e. The van der Waals surface area contributed by atoms with Gasteiger partial charge in [-0.3, -0.25) is 0 Å². The van der Waals surface area contributed by atoms with Crippen molar-refractivity contribution in [3.8, 4) is 11.1 Å². The van der Waals surface area contributed by atoms with Gasteiger partial charge in [-0.1, -0.05) is 66.9 Å². The van der Waals surface area contributed by atoms with E-state index in [4.69, 9.17) is 23.2 Å². The molecule has 0 spiro atoms. The van der Waals surface area contributed by atoms with Crippen LogP contribution in [0, 0.1) is 12.8 Å². The van der Waals surface area contributed by atoms with E-state index in [1.165, 1.54) is 0 Å². The van der Waals surface area contributed by atoms with Gasteiger partial charge < -0.3 is 0 Å². The fourth-order valence-corrected chi connectivity index (χ4v) is 2.66. The van der Waals surface area contributed by atoms with E-state index in [2.05, 4.69) is 23.8 Å². The van der Waals surface area contributed by atoms with Gasteiger partial charge >= 0.3 is 0 Å². The number of rotatable bonds is 4. The molecule has 0 saturated carbocycles. The van der Waals surface area contributed by atoms with Gasteiger partial charge in [-0.15, -0.1) is 0 Å². The third kappa shape index (κ3) is 3.71. The predicted octanol–water partition coefficient (Wildman–Crippen LogP) is 5.35. The van der Waals surface area contributed by atoms with E-state index in [-0.39, 0.29) is 0 Å². The Morgan fingerprint density at radius 1 is 1.10 bits per heavy atom. The second kappa shape index (κ2) is 6.55. The first-order chi connectivity index (χ1) is 9.47. The minimum absolute atomic E-state index is 0.425. The maximum absolute atomic E-state index is 6.30. The van der Waals surface area contributed by atoms with Crippen molar-refractivity contribution in [2.45, 2.75) is 33.6 Å². The molecule has 1 heterocycles. The molecule has 2 rings (SSSR count). The lowest BCUT2D eigenvalue weighted by Gasteiger charge is -2.10. The van der Waals surface area contributed by atoms with Crippen LogP contribution >= 0.6 is 23.2 Å². The van der Waals surface area contributed by atoms with Crippen LogP contribution in [-0.2, 0) is 6.42 Å². The Kier molecular flexibility index (Phi) is 5.00. The maximum Gasteiger partial charge on any atom is 0.142 e. The summed E-state index contributed by atoms with van der Waals surface area (Å²) >= 11 is 12.6. The van der Waals surface area contributed by atoms with Crippen molar-refractivity contribution in [1.29, 1.82) is 0 Å². The van der Waals surface area contributed by atoms with Crippen LogP contribution in [0.5, 0.6) is 0 Å². The molecule has 0 fully saturated rings. The lowest BCUT2D eigenvalue weighted by atomic mass is 10.1. The topological polar surface area (TPSA) is 25.8 Å². The van der Waals surface area contributed by atoms with E-state index in [0.717, 1.165) is 24.0 Å². The lowest BCUT2D eigenvalue weighted by Crippen LogP contribution is -2.01. The van der Waals surface area contributed by atoms with Crippen LogP contribution < -0.4 is 0 Å². The van der Waals surface area contributed by atoms with Crippen molar-refractivity contribution in [1.82, 2.24) is 9.97 Å². The molecule has 106 valence electrons. The fourth-order valence-electron chi connectivity index (χ4n) is 2.02. The first kappa shape index (κ1) is 15.3. The van der Waals surface area contributed by atoms with E-state index < -0.39 is 0 Å². The summed E-state index contributed by atoms with van der Waals surface area (Å²) in [7, 11) is 0. The van der Waals surface area contributed by atoms with Crippen LogP contribution in [0.3, 0.4) is 0 Å². The lowest BCUT2D eigenvalue weighted by molar-refractivity contribution is 0.575. The molecule has 0 N–H and O–H groups in total. The number of nitrogens with zero attached hydrogens (tertiary/aromatic N) is 2. The Morgan fingerprint density at radius 2 is 1.75 bits per heavy atom. The molecule has 4 heteroatoms. The second-order valence-electron chi connectivity index (χ2n) is 5.40. The standard InChI is InChI=1S/C16H18Cl2N2/c1-10(2)7-8-13-19-15(17)14(16(18)20-13)12-6-4-5-11(3)9-12/h4-6,9-10H,7-8H2,1-3H3. The smallest absolute Gasteiger partial charge is 0.142 e. The van der Waals surface area contributed by atoms with Gasteiger partial charge in [0.15, 0.2) is 0 Å². The number of aromatic nitrogens is 2. The zero-order valence-corrected chi connectivity index (χ0v) is 13.5. The van der Waals surface area contributed by atoms with Crippen molar-refractivity contribution < 1.29 is 0 Å². The van der Waals surface area contributed by atoms with Crippen LogP contribution in [0.2, 0.25) is 10.3 Å². The van der Waals surface area contributed by atoms with Crippen molar-refractivity contribution in [3.05, 3.63) is 46.0 Å². The average molecular weight is 309 g/mol. The molecule has 2 aromatic rings. The van der Waals surface area contributed by atoms with Gasteiger partial charge in [-0.2, -0.15) is 0 Å². The van der Waals surface area contributed by atoms with E-state index in [1.54, 1.807) is 0 Å². The Hall–Kier alpha value is -1.12. The van der Waals surface area contributed by atoms with Gasteiger partial charge in [0.2, 0.25) is 0 Å². The van der Waals surface area contributed by atoms with Gasteiger partial charge in [0, 0.05) is 6.42 Å². The first-order valence-corrected chi connectivity index (χ1v) is 7.52. The number of benzene rings is 1. The molecule has 1 aromatic heterocycles. The summed E-state index contributed by atoms with van der Waals surface area (Å²) in [6.07, 6.45) is 1.82. The number of aryl methyl sites for hydroxylation is 2. The summed E-state index contributed by atoms with van der Waals surface area (Å²) in [6.45, 7) is 6.37. The number of hydrogen-bond donors (Lipinski definition) is 0. The van der Waals surface area contributed by atoms with Gasteiger partial charge in [0.25, 0.3) is 0 Å². The maximum atomic E-state index is 6.30. The normalized spacial score (nSPS) is 11.1. The average Bonchev–Trinajstić information content (AvgIpc) is 2.35. The van der Waals surface area contributed by atoms with Crippen molar-refractivity contribution in [3.63, 3.8) is 0 Å². The molecule has 0 amide bonds. The number of hydrogen-bond acceptors (Lipinski definition) is 2. The Labute approximate surface area is 130 Å². The quantitative estimate of drug-likeness (QED) is 0.712. The molecule has 2 nitrogen and oxygen atoms in total. The number of halogens is 2. The minimum atomic E-state index is 0.425. The highest BCUT2D eigenvalue weighted by Crippen LogP contribution is 2.32. The zero-order valence-electron chi connectivity index (χ0n) is 12.0. The summed E-state index contributed by atoms with van der Waals surface area (Å²) in [5.41, 5.74) is 2.82. The van der Waals surface area contributed by atoms with Gasteiger partial charge in [-0.25, -0.2) is 9.97 Å². The molecular weight excluding hydrogens is 291 g/mol. The van der Waals surface area contributed by atoms with Crippen LogP contribution in [0.4, 0.5) is 0 Å². The van der Waals surface area contributed by atoms with Gasteiger partial charge in [-0.05, 0) is 24.8 Å². The van der Waals surface area contributed by atoms with Crippen LogP contribution in [0.25, 0.3) is 11.1 Å². The summed E-state index contributed by atoms with van der Waals surface area (Å²) in [4.78, 5) is 8.76. The molecular formula is C16H18Cl2N2. The van der Waals surface area contributed by atoms with E-state index >= 15 is 0 Å². The van der Waals surface area contributed by atoms with Crippen LogP contribution in [0.15, 0.2) is 24.3 Å². The molecule has 0 radical (unpaired) electrons. The third-order valence-electron chi connectivity index (χ3n) is 3.12.